The third kappa shape index (κ3) is 5.23. The number of nitrogens with zero attached hydrogens (tertiary/aromatic N) is 3. The summed E-state index contributed by atoms with van der Waals surface area (Å²) in [5, 5.41) is 7.91. The van der Waals surface area contributed by atoms with Crippen molar-refractivity contribution >= 4 is 33.2 Å². The van der Waals surface area contributed by atoms with Gasteiger partial charge >= 0.3 is 0 Å². The highest BCUT2D eigenvalue weighted by Crippen LogP contribution is 2.33. The van der Waals surface area contributed by atoms with Crippen molar-refractivity contribution in [2.24, 2.45) is 5.10 Å². The van der Waals surface area contributed by atoms with Crippen molar-refractivity contribution in [1.29, 1.82) is 0 Å². The second-order valence-electron chi connectivity index (χ2n) is 7.96. The number of nitrogens with one attached hydrogen (secondary N) is 1. The Morgan fingerprint density at radius 2 is 1.76 bits per heavy atom. The van der Waals surface area contributed by atoms with Gasteiger partial charge in [-0.3, -0.25) is 9.59 Å². The van der Waals surface area contributed by atoms with E-state index in [-0.39, 0.29) is 35.0 Å². The molecule has 0 aliphatic carbocycles. The average Bonchev–Trinajstić information content (AvgIpc) is 2.83. The number of hydrogen-bond acceptors (Lipinski definition) is 6. The van der Waals surface area contributed by atoms with Gasteiger partial charge in [-0.05, 0) is 43.2 Å². The van der Waals surface area contributed by atoms with Crippen LogP contribution in [0.5, 0.6) is 11.5 Å². The fraction of sp³-hybridized carbons (Fsp3) is 0.348. The highest BCUT2D eigenvalue weighted by atomic mass is 32.2. The summed E-state index contributed by atoms with van der Waals surface area (Å²) >= 11 is 0. The Morgan fingerprint density at radius 3 is 2.45 bits per heavy atom. The monoisotopic (exact) mass is 470 g/mol. The number of hydrazone groups is 1. The number of benzene rings is 2. The number of amides is 2. The van der Waals surface area contributed by atoms with E-state index >= 15 is 0 Å². The lowest BCUT2D eigenvalue weighted by molar-refractivity contribution is -0.130. The van der Waals surface area contributed by atoms with Crippen LogP contribution in [0.25, 0.3) is 0 Å². The van der Waals surface area contributed by atoms with Gasteiger partial charge in [0.15, 0.2) is 5.75 Å². The predicted molar refractivity (Wildman–Crippen MR) is 124 cm³/mol. The molecule has 1 fully saturated rings. The van der Waals surface area contributed by atoms with Crippen LogP contribution in [-0.4, -0.2) is 55.4 Å². The van der Waals surface area contributed by atoms with E-state index < -0.39 is 15.9 Å². The van der Waals surface area contributed by atoms with E-state index in [1.54, 1.807) is 12.1 Å². The van der Waals surface area contributed by atoms with Crippen molar-refractivity contribution < 1.29 is 22.7 Å². The lowest BCUT2D eigenvalue weighted by Crippen LogP contribution is -2.36. The number of hydrogen-bond donors (Lipinski definition) is 1. The quantitative estimate of drug-likeness (QED) is 0.697. The molecule has 2 aromatic rings. The molecule has 0 atom stereocenters. The minimum atomic E-state index is -3.71. The molecule has 2 amide bonds. The number of anilines is 1. The molecule has 0 radical (unpaired) electrons. The maximum Gasteiger partial charge on any atom is 0.271 e. The van der Waals surface area contributed by atoms with Gasteiger partial charge in [0, 0.05) is 33.0 Å². The molecule has 0 saturated carbocycles. The maximum atomic E-state index is 13.2. The zero-order valence-corrected chi connectivity index (χ0v) is 19.2. The lowest BCUT2D eigenvalue weighted by Gasteiger charge is -2.26. The minimum absolute atomic E-state index is 0.0815. The fourth-order valence-electron chi connectivity index (χ4n) is 3.75. The van der Waals surface area contributed by atoms with E-state index in [0.717, 1.165) is 24.3 Å². The number of carbonyl (C=O) groups is 2. The van der Waals surface area contributed by atoms with E-state index in [0.29, 0.717) is 24.6 Å². The zero-order chi connectivity index (χ0) is 23.4. The highest BCUT2D eigenvalue weighted by molar-refractivity contribution is 7.89. The van der Waals surface area contributed by atoms with Crippen LogP contribution in [0.3, 0.4) is 0 Å². The van der Waals surface area contributed by atoms with Gasteiger partial charge in [-0.15, -0.1) is 0 Å². The summed E-state index contributed by atoms with van der Waals surface area (Å²) in [7, 11) is -2.22. The average molecular weight is 471 g/mol. The summed E-state index contributed by atoms with van der Waals surface area (Å²) in [6, 6.07) is 13.4. The number of ether oxygens (including phenoxy) is 1. The van der Waals surface area contributed by atoms with Crippen LogP contribution in [0.15, 0.2) is 58.5 Å². The van der Waals surface area contributed by atoms with Gasteiger partial charge in [0.05, 0.1) is 10.6 Å². The number of para-hydroxylation sites is 1. The molecule has 0 unspecified atom stereocenters. The molecule has 10 heteroatoms. The Morgan fingerprint density at radius 1 is 1.03 bits per heavy atom. The van der Waals surface area contributed by atoms with E-state index in [1.165, 1.54) is 29.6 Å². The van der Waals surface area contributed by atoms with Gasteiger partial charge in [-0.1, -0.05) is 24.6 Å². The van der Waals surface area contributed by atoms with Gasteiger partial charge in [0.25, 0.3) is 5.91 Å². The van der Waals surface area contributed by atoms with Crippen LogP contribution in [0.4, 0.5) is 5.69 Å². The van der Waals surface area contributed by atoms with E-state index in [4.69, 9.17) is 4.74 Å². The summed E-state index contributed by atoms with van der Waals surface area (Å²) in [5.41, 5.74) is 0.399. The normalized spacial score (nSPS) is 17.4. The standard InChI is InChI=1S/C23H26N4O5S/c1-26-22(28)13-11-19(25-26)23(29)24-20-16-18(33(30,31)27-14-6-3-7-15-27)10-12-21(20)32-17-8-4-2-5-9-17/h2,4-5,8-10,12,16H,3,6-7,11,13-15H2,1H3,(H,24,29). The third-order valence-electron chi connectivity index (χ3n) is 5.59. The smallest absolute Gasteiger partial charge is 0.271 e. The molecule has 2 aliphatic heterocycles. The molecule has 2 aliphatic rings. The molecule has 2 aromatic carbocycles. The summed E-state index contributed by atoms with van der Waals surface area (Å²) in [5.74, 6) is 0.155. The molecule has 4 rings (SSSR count). The summed E-state index contributed by atoms with van der Waals surface area (Å²) in [6.45, 7) is 0.951. The van der Waals surface area contributed by atoms with Crippen molar-refractivity contribution in [3.8, 4) is 11.5 Å². The first-order valence-electron chi connectivity index (χ1n) is 10.9. The number of rotatable bonds is 6. The molecule has 1 N–H and O–H groups in total. The van der Waals surface area contributed by atoms with Crippen molar-refractivity contribution in [2.75, 3.05) is 25.5 Å². The van der Waals surface area contributed by atoms with Crippen molar-refractivity contribution in [1.82, 2.24) is 9.31 Å². The molecular formula is C23H26N4O5S. The lowest BCUT2D eigenvalue weighted by atomic mass is 10.1. The second kappa shape index (κ2) is 9.72. The highest BCUT2D eigenvalue weighted by Gasteiger charge is 2.28. The van der Waals surface area contributed by atoms with E-state index in [9.17, 15) is 18.0 Å². The summed E-state index contributed by atoms with van der Waals surface area (Å²) < 4.78 is 33.8. The predicted octanol–water partition coefficient (Wildman–Crippen LogP) is 3.20. The number of piperidine rings is 1. The van der Waals surface area contributed by atoms with Crippen molar-refractivity contribution in [3.63, 3.8) is 0 Å². The van der Waals surface area contributed by atoms with Crippen LogP contribution in [0.1, 0.15) is 32.1 Å². The van der Waals surface area contributed by atoms with E-state index in [1.807, 2.05) is 18.2 Å². The topological polar surface area (TPSA) is 108 Å². The van der Waals surface area contributed by atoms with Gasteiger partial charge in [-0.25, -0.2) is 13.4 Å². The molecule has 1 saturated heterocycles. The van der Waals surface area contributed by atoms with Crippen LogP contribution >= 0.6 is 0 Å². The second-order valence-corrected chi connectivity index (χ2v) is 9.89. The first-order chi connectivity index (χ1) is 15.8. The van der Waals surface area contributed by atoms with Gasteiger partial charge in [0.1, 0.15) is 11.5 Å². The van der Waals surface area contributed by atoms with Crippen molar-refractivity contribution in [3.05, 3.63) is 48.5 Å². The zero-order valence-electron chi connectivity index (χ0n) is 18.4. The van der Waals surface area contributed by atoms with Crippen LogP contribution in [-0.2, 0) is 19.6 Å². The Hall–Kier alpha value is -3.24. The van der Waals surface area contributed by atoms with Gasteiger partial charge in [-0.2, -0.15) is 9.41 Å². The summed E-state index contributed by atoms with van der Waals surface area (Å²) in [4.78, 5) is 24.7. The van der Waals surface area contributed by atoms with Crippen LogP contribution in [0, 0.1) is 0 Å². The van der Waals surface area contributed by atoms with Gasteiger partial charge in [0.2, 0.25) is 15.9 Å². The third-order valence-corrected chi connectivity index (χ3v) is 7.49. The minimum Gasteiger partial charge on any atom is -0.455 e. The Bertz CT molecular complexity index is 1170. The number of carbonyl (C=O) groups excluding carboxylic acids is 2. The fourth-order valence-corrected chi connectivity index (χ4v) is 5.30. The first kappa shape index (κ1) is 22.9. The Kier molecular flexibility index (Phi) is 6.75. The molecule has 2 heterocycles. The number of sulfonamides is 1. The summed E-state index contributed by atoms with van der Waals surface area (Å²) in [6.07, 6.45) is 3.04. The van der Waals surface area contributed by atoms with E-state index in [2.05, 4.69) is 10.4 Å². The molecule has 174 valence electrons. The molecule has 0 bridgehead atoms. The molecule has 0 aromatic heterocycles. The molecular weight excluding hydrogens is 444 g/mol. The van der Waals surface area contributed by atoms with Crippen molar-refractivity contribution in [2.45, 2.75) is 37.0 Å². The first-order valence-corrected chi connectivity index (χ1v) is 12.3. The van der Waals surface area contributed by atoms with Gasteiger partial charge < -0.3 is 10.1 Å². The maximum absolute atomic E-state index is 13.2. The molecule has 33 heavy (non-hydrogen) atoms. The SMILES string of the molecule is CN1N=C(C(=O)Nc2cc(S(=O)(=O)N3CCCCC3)ccc2Oc2ccccc2)CCC1=O. The van der Waals surface area contributed by atoms with Crippen LogP contribution < -0.4 is 10.1 Å². The molecule has 0 spiro atoms. The Balaban J connectivity index is 1.66. The van der Waals surface area contributed by atoms with Crippen LogP contribution in [0.2, 0.25) is 0 Å². The molecule has 9 nitrogen and oxygen atoms in total. The Labute approximate surface area is 193 Å². The largest absolute Gasteiger partial charge is 0.455 e.